The van der Waals surface area contributed by atoms with Crippen LogP contribution in [0.4, 0.5) is 0 Å². The van der Waals surface area contributed by atoms with Crippen molar-refractivity contribution in [1.29, 1.82) is 0 Å². The molecule has 0 spiro atoms. The Kier molecular flexibility index (Phi) is 11.6. The van der Waals surface area contributed by atoms with E-state index in [0.717, 1.165) is 23.7 Å². The van der Waals surface area contributed by atoms with Gasteiger partial charge in [-0.1, -0.05) is 80.1 Å². The Balaban J connectivity index is 0.00000146. The Morgan fingerprint density at radius 1 is 0.538 bits per heavy atom. The van der Waals surface area contributed by atoms with Crippen molar-refractivity contribution < 1.29 is 9.59 Å². The fraction of sp³-hybridized carbons (Fsp3) is 0.917. The van der Waals surface area contributed by atoms with Crippen LogP contribution < -0.4 is 0 Å². The second kappa shape index (κ2) is 11.9. The van der Waals surface area contributed by atoms with Gasteiger partial charge in [-0.15, -0.1) is 0 Å². The highest BCUT2D eigenvalue weighted by Gasteiger charge is 2.32. The third kappa shape index (κ3) is 8.82. The van der Waals surface area contributed by atoms with E-state index in [1.54, 1.807) is 0 Å². The van der Waals surface area contributed by atoms with Crippen LogP contribution in [0.5, 0.6) is 0 Å². The van der Waals surface area contributed by atoms with Gasteiger partial charge in [0.25, 0.3) is 0 Å². The third-order valence-electron chi connectivity index (χ3n) is 7.13. The summed E-state index contributed by atoms with van der Waals surface area (Å²) in [6.07, 6.45) is 15.1. The molecule has 0 bridgehead atoms. The molecule has 0 saturated heterocycles. The van der Waals surface area contributed by atoms with E-state index in [4.69, 9.17) is 9.59 Å². The first-order valence-corrected chi connectivity index (χ1v) is 10.7. The lowest BCUT2D eigenvalue weighted by Gasteiger charge is -2.39. The van der Waals surface area contributed by atoms with Crippen LogP contribution >= 0.6 is 0 Å². The molecule has 0 atom stereocenters. The fourth-order valence-electron chi connectivity index (χ4n) is 5.11. The van der Waals surface area contributed by atoms with E-state index < -0.39 is 0 Å². The van der Waals surface area contributed by atoms with Gasteiger partial charge < -0.3 is 9.59 Å². The van der Waals surface area contributed by atoms with Crippen LogP contribution in [-0.4, -0.2) is 13.6 Å². The zero-order chi connectivity index (χ0) is 20.4. The molecule has 2 aliphatic carbocycles. The van der Waals surface area contributed by atoms with E-state index in [1.807, 2.05) is 13.6 Å². The normalized spacial score (nSPS) is 29.6. The summed E-state index contributed by atoms with van der Waals surface area (Å²) in [6.45, 7) is 18.6. The average Bonchev–Trinajstić information content (AvgIpc) is 2.62. The quantitative estimate of drug-likeness (QED) is 0.533. The summed E-state index contributed by atoms with van der Waals surface area (Å²) < 4.78 is 0. The molecule has 0 N–H and O–H groups in total. The molecular formula is C24H46O2. The van der Waals surface area contributed by atoms with Gasteiger partial charge in [-0.05, 0) is 60.2 Å². The number of carbonyl (C=O) groups excluding carboxylic acids is 2. The lowest BCUT2D eigenvalue weighted by molar-refractivity contribution is -0.0987. The molecule has 0 aromatic heterocycles. The maximum atomic E-state index is 8.00. The maximum Gasteiger partial charge on any atom is 0.106 e. The standard InChI is InChI=1S/C22H42.2CH2O/c1-21(2,3)19-13-9-17(10-14-19)7-8-18-11-15-20(16-12-18)22(4,5)6;2*1-2/h17-20H,7-16H2,1-6H3;2*1H2. The number of hydrogen-bond acceptors (Lipinski definition) is 2. The summed E-state index contributed by atoms with van der Waals surface area (Å²) in [6, 6.07) is 0. The number of hydrogen-bond donors (Lipinski definition) is 0. The minimum Gasteiger partial charge on any atom is -0.307 e. The Morgan fingerprint density at radius 2 is 0.769 bits per heavy atom. The molecule has 0 unspecified atom stereocenters. The molecule has 26 heavy (non-hydrogen) atoms. The summed E-state index contributed by atoms with van der Waals surface area (Å²) in [5.41, 5.74) is 1.08. The summed E-state index contributed by atoms with van der Waals surface area (Å²) in [5, 5.41) is 0. The van der Waals surface area contributed by atoms with Gasteiger partial charge in [0.2, 0.25) is 0 Å². The molecule has 2 fully saturated rings. The molecule has 0 aromatic rings. The zero-order valence-electron chi connectivity index (χ0n) is 18.6. The molecule has 0 aromatic carbocycles. The van der Waals surface area contributed by atoms with Crippen molar-refractivity contribution >= 4 is 13.6 Å². The molecule has 0 amide bonds. The van der Waals surface area contributed by atoms with Crippen molar-refractivity contribution in [2.45, 2.75) is 106 Å². The molecule has 2 aliphatic rings. The van der Waals surface area contributed by atoms with Gasteiger partial charge in [0.15, 0.2) is 0 Å². The molecule has 154 valence electrons. The van der Waals surface area contributed by atoms with Gasteiger partial charge in [0.1, 0.15) is 13.6 Å². The van der Waals surface area contributed by atoms with E-state index in [9.17, 15) is 0 Å². The largest absolute Gasteiger partial charge is 0.307 e. The predicted octanol–water partition coefficient (Wildman–Crippen LogP) is 7.10. The molecule has 2 nitrogen and oxygen atoms in total. The second-order valence-corrected chi connectivity index (χ2v) is 10.7. The van der Waals surface area contributed by atoms with Crippen molar-refractivity contribution in [3.63, 3.8) is 0 Å². The summed E-state index contributed by atoms with van der Waals surface area (Å²) in [4.78, 5) is 16.0. The van der Waals surface area contributed by atoms with Gasteiger partial charge in [-0.25, -0.2) is 0 Å². The summed E-state index contributed by atoms with van der Waals surface area (Å²) in [7, 11) is 0. The summed E-state index contributed by atoms with van der Waals surface area (Å²) >= 11 is 0. The fourth-order valence-corrected chi connectivity index (χ4v) is 5.11. The van der Waals surface area contributed by atoms with Crippen LogP contribution in [0.1, 0.15) is 106 Å². The van der Waals surface area contributed by atoms with Crippen molar-refractivity contribution in [3.8, 4) is 0 Å². The van der Waals surface area contributed by atoms with E-state index in [0.29, 0.717) is 10.8 Å². The first-order chi connectivity index (χ1) is 12.2. The van der Waals surface area contributed by atoms with Crippen molar-refractivity contribution in [1.82, 2.24) is 0 Å². The van der Waals surface area contributed by atoms with E-state index in [2.05, 4.69) is 41.5 Å². The van der Waals surface area contributed by atoms with Crippen molar-refractivity contribution in [2.24, 2.45) is 34.5 Å². The molecule has 2 saturated carbocycles. The monoisotopic (exact) mass is 366 g/mol. The van der Waals surface area contributed by atoms with Crippen LogP contribution in [0.15, 0.2) is 0 Å². The van der Waals surface area contributed by atoms with Crippen molar-refractivity contribution in [3.05, 3.63) is 0 Å². The smallest absolute Gasteiger partial charge is 0.106 e. The molecule has 2 rings (SSSR count). The number of carbonyl (C=O) groups is 2. The summed E-state index contributed by atoms with van der Waals surface area (Å²) in [5.74, 6) is 4.06. The van der Waals surface area contributed by atoms with E-state index >= 15 is 0 Å². The average molecular weight is 367 g/mol. The van der Waals surface area contributed by atoms with Gasteiger partial charge in [0.05, 0.1) is 0 Å². The third-order valence-corrected chi connectivity index (χ3v) is 7.13. The SMILES string of the molecule is C=O.C=O.CC(C)(C)C1CCC(CCC2CCC(C(C)(C)C)CC2)CC1. The highest BCUT2D eigenvalue weighted by Crippen LogP contribution is 2.44. The highest BCUT2D eigenvalue weighted by molar-refractivity contribution is 5.11. The topological polar surface area (TPSA) is 34.1 Å². The second-order valence-electron chi connectivity index (χ2n) is 10.7. The van der Waals surface area contributed by atoms with Crippen LogP contribution in [0.25, 0.3) is 0 Å². The maximum absolute atomic E-state index is 8.00. The highest BCUT2D eigenvalue weighted by atomic mass is 16.1. The van der Waals surface area contributed by atoms with E-state index in [-0.39, 0.29) is 0 Å². The van der Waals surface area contributed by atoms with Crippen LogP contribution in [0.3, 0.4) is 0 Å². The predicted molar refractivity (Wildman–Crippen MR) is 113 cm³/mol. The van der Waals surface area contributed by atoms with Gasteiger partial charge in [-0.3, -0.25) is 0 Å². The molecule has 0 heterocycles. The van der Waals surface area contributed by atoms with Crippen molar-refractivity contribution in [2.75, 3.05) is 0 Å². The minimum atomic E-state index is 0.538. The van der Waals surface area contributed by atoms with E-state index in [1.165, 1.54) is 64.2 Å². The van der Waals surface area contributed by atoms with Crippen LogP contribution in [0.2, 0.25) is 0 Å². The number of rotatable bonds is 3. The molecular weight excluding hydrogens is 320 g/mol. The Morgan fingerprint density at radius 3 is 0.962 bits per heavy atom. The Labute approximate surface area is 163 Å². The Bertz CT molecular complexity index is 311. The van der Waals surface area contributed by atoms with Gasteiger partial charge in [-0.2, -0.15) is 0 Å². The van der Waals surface area contributed by atoms with Crippen LogP contribution in [-0.2, 0) is 9.59 Å². The van der Waals surface area contributed by atoms with Crippen LogP contribution in [0, 0.1) is 34.5 Å². The molecule has 0 radical (unpaired) electrons. The zero-order valence-corrected chi connectivity index (χ0v) is 18.6. The lowest BCUT2D eigenvalue weighted by atomic mass is 9.67. The lowest BCUT2D eigenvalue weighted by Crippen LogP contribution is -2.27. The first-order valence-electron chi connectivity index (χ1n) is 10.7. The molecule has 0 aliphatic heterocycles. The van der Waals surface area contributed by atoms with Gasteiger partial charge >= 0.3 is 0 Å². The first kappa shape index (κ1) is 25.3. The minimum absolute atomic E-state index is 0.538. The Hall–Kier alpha value is -0.660. The van der Waals surface area contributed by atoms with Gasteiger partial charge in [0, 0.05) is 0 Å². The molecule has 2 heteroatoms.